The molecule has 0 amide bonds. The van der Waals surface area contributed by atoms with Gasteiger partial charge in [0, 0.05) is 54.6 Å². The van der Waals surface area contributed by atoms with E-state index in [0.717, 1.165) is 28.1 Å². The van der Waals surface area contributed by atoms with Crippen LogP contribution in [0.1, 0.15) is 0 Å². The highest BCUT2D eigenvalue weighted by Crippen LogP contribution is 2.42. The molecular weight excluding hydrogens is 531 g/mol. The maximum absolute atomic E-state index is 5.38. The number of imidazole rings is 1. The molecule has 0 aliphatic heterocycles. The van der Waals surface area contributed by atoms with Crippen LogP contribution in [-0.2, 0) is 0 Å². The van der Waals surface area contributed by atoms with Crippen LogP contribution in [-0.4, -0.2) is 14.5 Å². The molecule has 3 aromatic heterocycles. The van der Waals surface area contributed by atoms with Gasteiger partial charge in [0.25, 0.3) is 0 Å². The van der Waals surface area contributed by atoms with Gasteiger partial charge in [-0.25, -0.2) is 4.98 Å². The van der Waals surface area contributed by atoms with E-state index in [0.29, 0.717) is 0 Å². The van der Waals surface area contributed by atoms with Gasteiger partial charge in [-0.15, -0.1) is 11.3 Å². The first kappa shape index (κ1) is 23.4. The summed E-state index contributed by atoms with van der Waals surface area (Å²) in [5.41, 5.74) is 6.75. The molecule has 42 heavy (non-hydrogen) atoms. The summed E-state index contributed by atoms with van der Waals surface area (Å²) in [5, 5.41) is 7.29. The molecule has 0 N–H and O–H groups in total. The van der Waals surface area contributed by atoms with Crippen LogP contribution in [0.3, 0.4) is 0 Å². The van der Waals surface area contributed by atoms with Crippen molar-refractivity contribution in [1.82, 2.24) is 14.5 Å². The van der Waals surface area contributed by atoms with Gasteiger partial charge in [-0.3, -0.25) is 9.55 Å². The van der Waals surface area contributed by atoms with Crippen LogP contribution in [0.25, 0.3) is 81.0 Å². The minimum Gasteiger partial charge on any atom is -0.292 e. The Morgan fingerprint density at radius 1 is 0.548 bits per heavy atom. The second kappa shape index (κ2) is 9.10. The molecule has 9 rings (SSSR count). The van der Waals surface area contributed by atoms with Gasteiger partial charge >= 0.3 is 0 Å². The quantitative estimate of drug-likeness (QED) is 0.204. The molecule has 0 saturated heterocycles. The number of benzene rings is 6. The Kier molecular flexibility index (Phi) is 5.07. The highest BCUT2D eigenvalue weighted by atomic mass is 32.1. The number of nitrogens with zero attached hydrogens (tertiary/aromatic N) is 3. The average molecular weight is 554 g/mol. The molecule has 6 aromatic carbocycles. The molecule has 196 valence electrons. The smallest absolute Gasteiger partial charge is 0.145 e. The molecule has 0 saturated carbocycles. The lowest BCUT2D eigenvalue weighted by Crippen LogP contribution is -1.98. The van der Waals surface area contributed by atoms with Crippen molar-refractivity contribution in [2.75, 3.05) is 0 Å². The van der Waals surface area contributed by atoms with Crippen molar-refractivity contribution in [3.8, 4) is 28.2 Å². The zero-order valence-corrected chi connectivity index (χ0v) is 23.3. The van der Waals surface area contributed by atoms with Crippen molar-refractivity contribution >= 4 is 64.1 Å². The molecule has 0 bridgehead atoms. The van der Waals surface area contributed by atoms with Crippen LogP contribution in [0, 0.1) is 0 Å². The Labute approximate surface area is 246 Å². The Morgan fingerprint density at radius 3 is 2.10 bits per heavy atom. The lowest BCUT2D eigenvalue weighted by molar-refractivity contribution is 1.11. The summed E-state index contributed by atoms with van der Waals surface area (Å²) in [6.45, 7) is 0. The predicted molar refractivity (Wildman–Crippen MR) is 178 cm³/mol. The van der Waals surface area contributed by atoms with Crippen molar-refractivity contribution < 1.29 is 0 Å². The van der Waals surface area contributed by atoms with E-state index in [2.05, 4.69) is 137 Å². The first-order valence-electron chi connectivity index (χ1n) is 14.1. The highest BCUT2D eigenvalue weighted by molar-refractivity contribution is 7.26. The van der Waals surface area contributed by atoms with E-state index in [1.54, 1.807) is 0 Å². The zero-order chi connectivity index (χ0) is 27.6. The fourth-order valence-electron chi connectivity index (χ4n) is 6.42. The lowest BCUT2D eigenvalue weighted by Gasteiger charge is -2.14. The molecule has 3 heterocycles. The third-order valence-electron chi connectivity index (χ3n) is 8.28. The van der Waals surface area contributed by atoms with E-state index in [9.17, 15) is 0 Å². The van der Waals surface area contributed by atoms with Crippen LogP contribution in [0.4, 0.5) is 0 Å². The predicted octanol–water partition coefficient (Wildman–Crippen LogP) is 10.4. The maximum atomic E-state index is 5.38. The van der Waals surface area contributed by atoms with Crippen molar-refractivity contribution in [1.29, 1.82) is 0 Å². The Bertz CT molecular complexity index is 2470. The monoisotopic (exact) mass is 553 g/mol. The summed E-state index contributed by atoms with van der Waals surface area (Å²) in [4.78, 5) is 9.77. The molecule has 3 nitrogen and oxygen atoms in total. The molecule has 0 spiro atoms. The minimum absolute atomic E-state index is 0.940. The summed E-state index contributed by atoms with van der Waals surface area (Å²) < 4.78 is 4.90. The zero-order valence-electron chi connectivity index (χ0n) is 22.5. The van der Waals surface area contributed by atoms with Gasteiger partial charge in [0.05, 0.1) is 11.0 Å². The number of pyridine rings is 1. The fraction of sp³-hybridized carbons (Fsp3) is 0. The summed E-state index contributed by atoms with van der Waals surface area (Å²) in [5.74, 6) is 0.940. The van der Waals surface area contributed by atoms with Gasteiger partial charge in [-0.2, -0.15) is 0 Å². The number of rotatable bonds is 3. The molecule has 0 aliphatic carbocycles. The van der Waals surface area contributed by atoms with Crippen molar-refractivity contribution in [3.63, 3.8) is 0 Å². The maximum Gasteiger partial charge on any atom is 0.145 e. The minimum atomic E-state index is 0.940. The van der Waals surface area contributed by atoms with Crippen LogP contribution in [0.5, 0.6) is 0 Å². The molecule has 0 fully saturated rings. The summed E-state index contributed by atoms with van der Waals surface area (Å²) in [6.07, 6.45) is 3.86. The first-order chi connectivity index (χ1) is 20.8. The number of aromatic nitrogens is 3. The molecule has 4 heteroatoms. The molecule has 0 radical (unpaired) electrons. The number of hydrogen-bond donors (Lipinski definition) is 0. The van der Waals surface area contributed by atoms with Crippen LogP contribution >= 0.6 is 11.3 Å². The van der Waals surface area contributed by atoms with Crippen LogP contribution in [0.15, 0.2) is 140 Å². The number of hydrogen-bond acceptors (Lipinski definition) is 3. The molecule has 0 aliphatic rings. The Morgan fingerprint density at radius 2 is 1.24 bits per heavy atom. The largest absolute Gasteiger partial charge is 0.292 e. The number of fused-ring (bicyclic) bond motifs is 9. The van der Waals surface area contributed by atoms with Crippen molar-refractivity contribution in [2.24, 2.45) is 0 Å². The van der Waals surface area contributed by atoms with E-state index in [-0.39, 0.29) is 0 Å². The van der Waals surface area contributed by atoms with Gasteiger partial charge in [-0.1, -0.05) is 109 Å². The van der Waals surface area contributed by atoms with Gasteiger partial charge in [-0.05, 0) is 40.1 Å². The fourth-order valence-corrected chi connectivity index (χ4v) is 7.62. The first-order valence-corrected chi connectivity index (χ1v) is 14.9. The molecule has 0 unspecified atom stereocenters. The standard InChI is InChI=1S/C38H23N3S/c1-2-10-24(11-3-1)38-40-35-30-16-6-4-14-28(30)29-15-5-7-17-31(29)36(35)41(38)26-13-8-12-25(22-26)27-18-9-19-32-33-23-39-21-20-34(33)42-37(27)32/h1-23H. The molecule has 0 atom stereocenters. The Hall–Kier alpha value is -5.32. The molecular formula is C38H23N3S. The second-order valence-corrected chi connectivity index (χ2v) is 11.7. The number of thiophene rings is 1. The topological polar surface area (TPSA) is 30.7 Å². The van der Waals surface area contributed by atoms with Crippen LogP contribution in [0.2, 0.25) is 0 Å². The second-order valence-electron chi connectivity index (χ2n) is 10.6. The lowest BCUT2D eigenvalue weighted by atomic mass is 9.99. The SMILES string of the molecule is c1ccc(-c2nc3c4ccccc4c4ccccc4c3n2-c2cccc(-c3cccc4c3sc3ccncc34)c2)cc1. The Balaban J connectivity index is 1.38. The van der Waals surface area contributed by atoms with Gasteiger partial charge < -0.3 is 0 Å². The van der Waals surface area contributed by atoms with Crippen LogP contribution < -0.4 is 0 Å². The normalized spacial score (nSPS) is 11.8. The van der Waals surface area contributed by atoms with Gasteiger partial charge in [0.1, 0.15) is 5.82 Å². The van der Waals surface area contributed by atoms with Gasteiger partial charge in [0.2, 0.25) is 0 Å². The van der Waals surface area contributed by atoms with E-state index in [1.165, 1.54) is 52.8 Å². The third-order valence-corrected chi connectivity index (χ3v) is 9.50. The highest BCUT2D eigenvalue weighted by Gasteiger charge is 2.20. The van der Waals surface area contributed by atoms with E-state index in [1.807, 2.05) is 23.7 Å². The van der Waals surface area contributed by atoms with E-state index >= 15 is 0 Å². The molecule has 9 aromatic rings. The van der Waals surface area contributed by atoms with E-state index in [4.69, 9.17) is 4.98 Å². The third kappa shape index (κ3) is 3.39. The average Bonchev–Trinajstić information content (AvgIpc) is 3.65. The van der Waals surface area contributed by atoms with Crippen molar-refractivity contribution in [2.45, 2.75) is 0 Å². The van der Waals surface area contributed by atoms with Gasteiger partial charge in [0.15, 0.2) is 0 Å². The summed E-state index contributed by atoms with van der Waals surface area (Å²) in [6, 6.07) is 45.5. The summed E-state index contributed by atoms with van der Waals surface area (Å²) >= 11 is 1.83. The summed E-state index contributed by atoms with van der Waals surface area (Å²) in [7, 11) is 0. The van der Waals surface area contributed by atoms with Crippen molar-refractivity contribution in [3.05, 3.63) is 140 Å². The van der Waals surface area contributed by atoms with E-state index < -0.39 is 0 Å².